The Morgan fingerprint density at radius 2 is 2.11 bits per heavy atom. The van der Waals surface area contributed by atoms with Gasteiger partial charge in [-0.25, -0.2) is 0 Å². The minimum absolute atomic E-state index is 0.139. The van der Waals surface area contributed by atoms with E-state index in [0.717, 1.165) is 25.7 Å². The van der Waals surface area contributed by atoms with E-state index in [1.165, 1.54) is 0 Å². The van der Waals surface area contributed by atoms with E-state index in [2.05, 4.69) is 0 Å². The minimum Gasteiger partial charge on any atom is -0.371 e. The lowest BCUT2D eigenvalue weighted by Gasteiger charge is -2.47. The Bertz CT molecular complexity index is 338. The van der Waals surface area contributed by atoms with E-state index in [-0.39, 0.29) is 11.5 Å². The van der Waals surface area contributed by atoms with Crippen molar-refractivity contribution in [3.63, 3.8) is 0 Å². The highest BCUT2D eigenvalue weighted by molar-refractivity contribution is 6.19. The van der Waals surface area contributed by atoms with Gasteiger partial charge in [0.05, 0.1) is 17.6 Å². The Balaban J connectivity index is 2.03. The summed E-state index contributed by atoms with van der Waals surface area (Å²) in [4.78, 5) is 14.4. The van der Waals surface area contributed by atoms with Crippen molar-refractivity contribution in [3.8, 4) is 0 Å². The lowest BCUT2D eigenvalue weighted by molar-refractivity contribution is -0.163. The summed E-state index contributed by atoms with van der Waals surface area (Å²) in [6.07, 6.45) is 3.89. The largest absolute Gasteiger partial charge is 0.371 e. The first-order valence-corrected chi connectivity index (χ1v) is 7.67. The molecule has 1 saturated carbocycles. The molecule has 0 radical (unpaired) electrons. The van der Waals surface area contributed by atoms with Crippen LogP contribution in [-0.4, -0.2) is 48.0 Å². The molecule has 1 amide bonds. The fourth-order valence-corrected chi connectivity index (χ4v) is 3.09. The van der Waals surface area contributed by atoms with Crippen LogP contribution in [0.4, 0.5) is 0 Å². The summed E-state index contributed by atoms with van der Waals surface area (Å²) in [5, 5.41) is 0. The lowest BCUT2D eigenvalue weighted by Crippen LogP contribution is -2.58. The minimum atomic E-state index is -0.495. The summed E-state index contributed by atoms with van der Waals surface area (Å²) < 4.78 is 6.00. The van der Waals surface area contributed by atoms with Crippen LogP contribution in [0.15, 0.2) is 0 Å². The van der Waals surface area contributed by atoms with Crippen molar-refractivity contribution in [2.24, 2.45) is 11.1 Å². The number of rotatable bonds is 2. The maximum Gasteiger partial charge on any atom is 0.229 e. The number of ether oxygens (including phenoxy) is 1. The van der Waals surface area contributed by atoms with Crippen molar-refractivity contribution in [1.29, 1.82) is 0 Å². The van der Waals surface area contributed by atoms with Crippen molar-refractivity contribution >= 4 is 17.5 Å². The third-order valence-electron chi connectivity index (χ3n) is 4.39. The summed E-state index contributed by atoms with van der Waals surface area (Å²) in [7, 11) is 0. The maximum absolute atomic E-state index is 12.5. The van der Waals surface area contributed by atoms with Gasteiger partial charge < -0.3 is 15.4 Å². The summed E-state index contributed by atoms with van der Waals surface area (Å²) in [6.45, 7) is 5.80. The van der Waals surface area contributed by atoms with Crippen LogP contribution in [0, 0.1) is 5.41 Å². The normalized spacial score (nSPS) is 32.6. The second-order valence-corrected chi connectivity index (χ2v) is 6.88. The van der Waals surface area contributed by atoms with Crippen molar-refractivity contribution < 1.29 is 9.53 Å². The zero-order valence-electron chi connectivity index (χ0n) is 12.0. The molecular weight excluding hydrogens is 264 g/mol. The molecular formula is C14H25ClN2O2. The number of carbonyl (C=O) groups excluding carboxylic acids is 1. The Kier molecular flexibility index (Phi) is 4.43. The SMILES string of the molecule is CC(C)(CCl)C(=O)N1CCOC2(CCC(N)CC2)C1. The molecule has 0 unspecified atom stereocenters. The van der Waals surface area contributed by atoms with Gasteiger partial charge in [0.1, 0.15) is 0 Å². The molecule has 0 aromatic heterocycles. The van der Waals surface area contributed by atoms with Crippen LogP contribution in [0.2, 0.25) is 0 Å². The van der Waals surface area contributed by atoms with E-state index in [4.69, 9.17) is 22.1 Å². The van der Waals surface area contributed by atoms with Crippen LogP contribution in [-0.2, 0) is 9.53 Å². The van der Waals surface area contributed by atoms with Crippen molar-refractivity contribution in [3.05, 3.63) is 0 Å². The second-order valence-electron chi connectivity index (χ2n) is 6.61. The summed E-state index contributed by atoms with van der Waals surface area (Å²) >= 11 is 5.91. The second kappa shape index (κ2) is 5.58. The first kappa shape index (κ1) is 15.1. The van der Waals surface area contributed by atoms with Crippen LogP contribution in [0.25, 0.3) is 0 Å². The lowest BCUT2D eigenvalue weighted by atomic mass is 9.80. The Labute approximate surface area is 120 Å². The van der Waals surface area contributed by atoms with Crippen LogP contribution in [0.3, 0.4) is 0 Å². The Morgan fingerprint density at radius 1 is 1.47 bits per heavy atom. The van der Waals surface area contributed by atoms with E-state index in [0.29, 0.717) is 31.6 Å². The van der Waals surface area contributed by atoms with Crippen molar-refractivity contribution in [2.75, 3.05) is 25.6 Å². The molecule has 2 fully saturated rings. The van der Waals surface area contributed by atoms with Crippen molar-refractivity contribution in [2.45, 2.75) is 51.2 Å². The van der Waals surface area contributed by atoms with Gasteiger partial charge in [-0.2, -0.15) is 0 Å². The van der Waals surface area contributed by atoms with Crippen LogP contribution < -0.4 is 5.73 Å². The predicted molar refractivity (Wildman–Crippen MR) is 76.2 cm³/mol. The highest BCUT2D eigenvalue weighted by atomic mass is 35.5. The summed E-state index contributed by atoms with van der Waals surface area (Å²) in [5.41, 5.74) is 5.30. The van der Waals surface area contributed by atoms with E-state index in [1.807, 2.05) is 18.7 Å². The third-order valence-corrected chi connectivity index (χ3v) is 5.06. The molecule has 2 aliphatic rings. The average molecular weight is 289 g/mol. The molecule has 1 spiro atoms. The Morgan fingerprint density at radius 3 is 2.68 bits per heavy atom. The number of amides is 1. The smallest absolute Gasteiger partial charge is 0.229 e. The molecule has 110 valence electrons. The zero-order chi connectivity index (χ0) is 14.1. The maximum atomic E-state index is 12.5. The average Bonchev–Trinajstić information content (AvgIpc) is 2.42. The number of alkyl halides is 1. The van der Waals surface area contributed by atoms with Crippen molar-refractivity contribution in [1.82, 2.24) is 4.90 Å². The van der Waals surface area contributed by atoms with E-state index < -0.39 is 5.41 Å². The highest BCUT2D eigenvalue weighted by Crippen LogP contribution is 2.35. The monoisotopic (exact) mass is 288 g/mol. The molecule has 0 aromatic carbocycles. The van der Waals surface area contributed by atoms with Gasteiger partial charge in [0, 0.05) is 25.0 Å². The van der Waals surface area contributed by atoms with Crippen LogP contribution >= 0.6 is 11.6 Å². The molecule has 2 rings (SSSR count). The summed E-state index contributed by atoms with van der Waals surface area (Å²) in [6, 6.07) is 0.291. The molecule has 19 heavy (non-hydrogen) atoms. The van der Waals surface area contributed by atoms with Gasteiger partial charge in [-0.1, -0.05) is 0 Å². The summed E-state index contributed by atoms with van der Waals surface area (Å²) in [5.74, 6) is 0.487. The molecule has 4 nitrogen and oxygen atoms in total. The van der Waals surface area contributed by atoms with Gasteiger partial charge in [-0.3, -0.25) is 4.79 Å². The highest BCUT2D eigenvalue weighted by Gasteiger charge is 2.43. The molecule has 1 heterocycles. The van der Waals surface area contributed by atoms with Gasteiger partial charge in [0.2, 0.25) is 5.91 Å². The van der Waals surface area contributed by atoms with E-state index in [9.17, 15) is 4.79 Å². The number of hydrogen-bond donors (Lipinski definition) is 1. The molecule has 0 atom stereocenters. The molecule has 1 aliphatic heterocycles. The first-order valence-electron chi connectivity index (χ1n) is 7.13. The zero-order valence-corrected chi connectivity index (χ0v) is 12.7. The molecule has 5 heteroatoms. The number of morpholine rings is 1. The van der Waals surface area contributed by atoms with Gasteiger partial charge >= 0.3 is 0 Å². The molecule has 2 N–H and O–H groups in total. The Hall–Kier alpha value is -0.320. The number of nitrogens with zero attached hydrogens (tertiary/aromatic N) is 1. The number of hydrogen-bond acceptors (Lipinski definition) is 3. The predicted octanol–water partition coefficient (Wildman–Crippen LogP) is 1.75. The quantitative estimate of drug-likeness (QED) is 0.788. The third kappa shape index (κ3) is 3.23. The molecule has 0 bridgehead atoms. The number of halogens is 1. The number of carbonyl (C=O) groups is 1. The van der Waals surface area contributed by atoms with Gasteiger partial charge in [0.25, 0.3) is 0 Å². The van der Waals surface area contributed by atoms with Gasteiger partial charge in [0.15, 0.2) is 0 Å². The standard InChI is InChI=1S/C14H25ClN2O2/c1-13(2,9-15)12(18)17-7-8-19-14(10-17)5-3-11(16)4-6-14/h11H,3-10,16H2,1-2H3. The molecule has 0 aromatic rings. The van der Waals surface area contributed by atoms with E-state index in [1.54, 1.807) is 0 Å². The van der Waals surface area contributed by atoms with Crippen LogP contribution in [0.1, 0.15) is 39.5 Å². The fraction of sp³-hybridized carbons (Fsp3) is 0.929. The van der Waals surface area contributed by atoms with Gasteiger partial charge in [-0.15, -0.1) is 11.6 Å². The van der Waals surface area contributed by atoms with Gasteiger partial charge in [-0.05, 0) is 39.5 Å². The first-order chi connectivity index (χ1) is 8.88. The van der Waals surface area contributed by atoms with E-state index >= 15 is 0 Å². The molecule has 1 saturated heterocycles. The fourth-order valence-electron chi connectivity index (χ4n) is 2.97. The molecule has 1 aliphatic carbocycles. The number of nitrogens with two attached hydrogens (primary N) is 1. The van der Waals surface area contributed by atoms with Crippen LogP contribution in [0.5, 0.6) is 0 Å². The topological polar surface area (TPSA) is 55.6 Å².